The summed E-state index contributed by atoms with van der Waals surface area (Å²) in [5.41, 5.74) is 10.7. The Bertz CT molecular complexity index is 3220. The van der Waals surface area contributed by atoms with E-state index in [4.69, 9.17) is 0 Å². The molecule has 0 aliphatic heterocycles. The molecule has 2 heterocycles. The molecule has 0 atom stereocenters. The number of hydrogen-bond acceptors (Lipinski definition) is 3. The molecule has 1 nitrogen and oxygen atoms in total. The lowest BCUT2D eigenvalue weighted by molar-refractivity contribution is 1.29. The van der Waals surface area contributed by atoms with E-state index in [1.54, 1.807) is 0 Å². The van der Waals surface area contributed by atoms with E-state index in [2.05, 4.69) is 205 Å². The molecule has 0 radical (unpaired) electrons. The highest BCUT2D eigenvalue weighted by atomic mass is 32.1. The first-order valence-electron chi connectivity index (χ1n) is 18.7. The predicted molar refractivity (Wildman–Crippen MR) is 241 cm³/mol. The maximum atomic E-state index is 2.41. The van der Waals surface area contributed by atoms with Crippen LogP contribution in [0.15, 0.2) is 200 Å². The molecule has 258 valence electrons. The minimum Gasteiger partial charge on any atom is -0.310 e. The molecule has 0 saturated carbocycles. The number of fused-ring (bicyclic) bond motifs is 7. The molecule has 2 aromatic heterocycles. The van der Waals surface area contributed by atoms with E-state index < -0.39 is 0 Å². The maximum absolute atomic E-state index is 2.41. The van der Waals surface area contributed by atoms with Crippen LogP contribution in [0.3, 0.4) is 0 Å². The lowest BCUT2D eigenvalue weighted by Crippen LogP contribution is -2.10. The molecule has 55 heavy (non-hydrogen) atoms. The van der Waals surface area contributed by atoms with Gasteiger partial charge in [0.15, 0.2) is 0 Å². The topological polar surface area (TPSA) is 3.24 Å². The first-order chi connectivity index (χ1) is 27.2. The molecule has 0 spiro atoms. The average molecular weight is 736 g/mol. The lowest BCUT2D eigenvalue weighted by atomic mass is 9.95. The van der Waals surface area contributed by atoms with Crippen LogP contribution < -0.4 is 4.90 Å². The van der Waals surface area contributed by atoms with Gasteiger partial charge >= 0.3 is 0 Å². The average Bonchev–Trinajstić information content (AvgIpc) is 3.82. The first kappa shape index (κ1) is 32.0. The van der Waals surface area contributed by atoms with E-state index in [9.17, 15) is 0 Å². The van der Waals surface area contributed by atoms with E-state index in [0.717, 1.165) is 17.1 Å². The molecule has 3 heteroatoms. The molecule has 9 aromatic carbocycles. The van der Waals surface area contributed by atoms with Crippen molar-refractivity contribution in [2.24, 2.45) is 0 Å². The highest BCUT2D eigenvalue weighted by Crippen LogP contribution is 2.44. The van der Waals surface area contributed by atoms with Gasteiger partial charge in [-0.15, -0.1) is 22.7 Å². The Kier molecular flexibility index (Phi) is 7.61. The van der Waals surface area contributed by atoms with Crippen molar-refractivity contribution in [1.82, 2.24) is 0 Å². The fraction of sp³-hybridized carbons (Fsp3) is 0. The molecule has 0 unspecified atom stereocenters. The standard InChI is InChI=1S/C52H33NS2/c1-2-17-42-34(11-1)12-9-20-43(42)38-15-7-13-36(31-38)37-14-8-16-40(32-37)53(41-29-30-47-45-18-3-5-23-49(45)54-51(47)33-41)39-27-25-35(26-28-39)44-21-10-22-48-46-19-4-6-24-50(46)55-52(44)48/h1-33H. The van der Waals surface area contributed by atoms with Gasteiger partial charge in [-0.3, -0.25) is 0 Å². The van der Waals surface area contributed by atoms with Crippen molar-refractivity contribution in [1.29, 1.82) is 0 Å². The van der Waals surface area contributed by atoms with Crippen LogP contribution in [0.1, 0.15) is 0 Å². The van der Waals surface area contributed by atoms with Crippen LogP contribution in [-0.4, -0.2) is 0 Å². The molecule has 0 fully saturated rings. The Morgan fingerprint density at radius 3 is 1.71 bits per heavy atom. The Hall–Kier alpha value is -6.52. The molecule has 0 N–H and O–H groups in total. The molecule has 11 aromatic rings. The van der Waals surface area contributed by atoms with Crippen LogP contribution >= 0.6 is 22.7 Å². The molecule has 0 aliphatic carbocycles. The Balaban J connectivity index is 1.03. The van der Waals surface area contributed by atoms with Crippen molar-refractivity contribution in [2.45, 2.75) is 0 Å². The summed E-state index contributed by atoms with van der Waals surface area (Å²) in [6.07, 6.45) is 0. The van der Waals surface area contributed by atoms with E-state index in [1.807, 2.05) is 22.7 Å². The molecule has 0 saturated heterocycles. The molecule has 0 aliphatic rings. The Morgan fingerprint density at radius 1 is 0.291 bits per heavy atom. The van der Waals surface area contributed by atoms with E-state index >= 15 is 0 Å². The quantitative estimate of drug-likeness (QED) is 0.164. The smallest absolute Gasteiger partial charge is 0.0476 e. The fourth-order valence-electron chi connectivity index (χ4n) is 8.23. The normalized spacial score (nSPS) is 11.6. The summed E-state index contributed by atoms with van der Waals surface area (Å²) in [5, 5.41) is 7.78. The number of rotatable bonds is 6. The van der Waals surface area contributed by atoms with Gasteiger partial charge in [0.25, 0.3) is 0 Å². The second-order valence-corrected chi connectivity index (χ2v) is 16.2. The van der Waals surface area contributed by atoms with Gasteiger partial charge in [-0.05, 0) is 98.8 Å². The number of anilines is 3. The van der Waals surface area contributed by atoms with Crippen LogP contribution in [0, 0.1) is 0 Å². The summed E-state index contributed by atoms with van der Waals surface area (Å²) in [6, 6.07) is 73.4. The van der Waals surface area contributed by atoms with Gasteiger partial charge in [-0.1, -0.05) is 146 Å². The third kappa shape index (κ3) is 5.51. The largest absolute Gasteiger partial charge is 0.310 e. The minimum absolute atomic E-state index is 1.12. The third-order valence-corrected chi connectivity index (χ3v) is 13.2. The molecular weight excluding hydrogens is 703 g/mol. The van der Waals surface area contributed by atoms with Gasteiger partial charge in [0, 0.05) is 57.4 Å². The first-order valence-corrected chi connectivity index (χ1v) is 20.3. The second-order valence-electron chi connectivity index (χ2n) is 14.1. The van der Waals surface area contributed by atoms with Gasteiger partial charge < -0.3 is 4.90 Å². The predicted octanol–water partition coefficient (Wildman–Crippen LogP) is 16.0. The number of hydrogen-bond donors (Lipinski definition) is 0. The maximum Gasteiger partial charge on any atom is 0.0476 e. The summed E-state index contributed by atoms with van der Waals surface area (Å²) in [4.78, 5) is 2.41. The number of benzene rings is 9. The van der Waals surface area contributed by atoms with Crippen molar-refractivity contribution in [3.63, 3.8) is 0 Å². The molecule has 0 bridgehead atoms. The number of nitrogens with zero attached hydrogens (tertiary/aromatic N) is 1. The van der Waals surface area contributed by atoms with Gasteiger partial charge in [0.05, 0.1) is 0 Å². The Labute approximate surface area is 327 Å². The summed E-state index contributed by atoms with van der Waals surface area (Å²) in [6.45, 7) is 0. The highest BCUT2D eigenvalue weighted by Gasteiger charge is 2.17. The summed E-state index contributed by atoms with van der Waals surface area (Å²) >= 11 is 3.74. The fourth-order valence-corrected chi connectivity index (χ4v) is 10.6. The molecule has 0 amide bonds. The number of thiophene rings is 2. The van der Waals surface area contributed by atoms with Crippen LogP contribution in [0.4, 0.5) is 17.1 Å². The van der Waals surface area contributed by atoms with Crippen molar-refractivity contribution >= 4 is 90.9 Å². The zero-order valence-corrected chi connectivity index (χ0v) is 31.4. The van der Waals surface area contributed by atoms with Crippen LogP contribution in [0.2, 0.25) is 0 Å². The van der Waals surface area contributed by atoms with Crippen molar-refractivity contribution in [3.05, 3.63) is 200 Å². The van der Waals surface area contributed by atoms with Crippen LogP contribution in [0.25, 0.3) is 84.5 Å². The minimum atomic E-state index is 1.12. The summed E-state index contributed by atoms with van der Waals surface area (Å²) < 4.78 is 5.26. The SMILES string of the molecule is c1cc(-c2cccc(N(c3ccc(-c4cccc5c4sc4ccccc45)cc3)c3ccc4c(c3)sc3ccccc34)c2)cc(-c2cccc3ccccc23)c1. The van der Waals surface area contributed by atoms with Gasteiger partial charge in [-0.25, -0.2) is 0 Å². The zero-order chi connectivity index (χ0) is 36.3. The van der Waals surface area contributed by atoms with Crippen molar-refractivity contribution in [2.75, 3.05) is 4.90 Å². The molecular formula is C52H33NS2. The van der Waals surface area contributed by atoms with Crippen LogP contribution in [-0.2, 0) is 0 Å². The van der Waals surface area contributed by atoms with Crippen LogP contribution in [0.5, 0.6) is 0 Å². The lowest BCUT2D eigenvalue weighted by Gasteiger charge is -2.26. The van der Waals surface area contributed by atoms with E-state index in [-0.39, 0.29) is 0 Å². The summed E-state index contributed by atoms with van der Waals surface area (Å²) in [7, 11) is 0. The third-order valence-electron chi connectivity index (χ3n) is 10.9. The molecule has 11 rings (SSSR count). The van der Waals surface area contributed by atoms with Gasteiger partial charge in [-0.2, -0.15) is 0 Å². The Morgan fingerprint density at radius 2 is 0.855 bits per heavy atom. The van der Waals surface area contributed by atoms with E-state index in [0.29, 0.717) is 0 Å². The van der Waals surface area contributed by atoms with Gasteiger partial charge in [0.2, 0.25) is 0 Å². The monoisotopic (exact) mass is 735 g/mol. The highest BCUT2D eigenvalue weighted by molar-refractivity contribution is 7.26. The van der Waals surface area contributed by atoms with Crippen molar-refractivity contribution < 1.29 is 0 Å². The second kappa shape index (κ2) is 13.1. The zero-order valence-electron chi connectivity index (χ0n) is 29.8. The summed E-state index contributed by atoms with van der Waals surface area (Å²) in [5.74, 6) is 0. The van der Waals surface area contributed by atoms with Crippen molar-refractivity contribution in [3.8, 4) is 33.4 Å². The van der Waals surface area contributed by atoms with Gasteiger partial charge in [0.1, 0.15) is 0 Å². The van der Waals surface area contributed by atoms with E-state index in [1.165, 1.54) is 84.5 Å².